The van der Waals surface area contributed by atoms with Crippen LogP contribution < -0.4 is 11.1 Å². The van der Waals surface area contributed by atoms with Crippen molar-refractivity contribution in [3.8, 4) is 0 Å². The number of anilines is 2. The molecule has 2 heterocycles. The maximum Gasteiger partial charge on any atom is 0.224 e. The second kappa shape index (κ2) is 5.22. The van der Waals surface area contributed by atoms with E-state index in [1.54, 1.807) is 6.20 Å². The predicted molar refractivity (Wildman–Crippen MR) is 72.2 cm³/mol. The summed E-state index contributed by atoms with van der Waals surface area (Å²) in [5.41, 5.74) is 6.31. The molecule has 1 atom stereocenters. The average Bonchev–Trinajstić information content (AvgIpc) is 2.74. The van der Waals surface area contributed by atoms with Gasteiger partial charge in [-0.1, -0.05) is 6.92 Å². The van der Waals surface area contributed by atoms with Crippen LogP contribution in [0.4, 0.5) is 11.8 Å². The van der Waals surface area contributed by atoms with Gasteiger partial charge in [0, 0.05) is 11.8 Å². The lowest BCUT2D eigenvalue weighted by molar-refractivity contribution is 0.904. The highest BCUT2D eigenvalue weighted by molar-refractivity contribution is 7.99. The Balaban J connectivity index is 2.19. The highest BCUT2D eigenvalue weighted by Crippen LogP contribution is 2.20. The number of aromatic nitrogens is 4. The van der Waals surface area contributed by atoms with Gasteiger partial charge in [-0.15, -0.1) is 0 Å². The molecule has 0 aromatic carbocycles. The molecule has 17 heavy (non-hydrogen) atoms. The second-order valence-corrected chi connectivity index (χ2v) is 5.09. The Kier molecular flexibility index (Phi) is 3.68. The van der Waals surface area contributed by atoms with Crippen molar-refractivity contribution in [3.05, 3.63) is 6.20 Å². The Morgan fingerprint density at radius 2 is 2.35 bits per heavy atom. The van der Waals surface area contributed by atoms with E-state index in [0.717, 1.165) is 22.7 Å². The highest BCUT2D eigenvalue weighted by Gasteiger charge is 2.10. The van der Waals surface area contributed by atoms with Gasteiger partial charge >= 0.3 is 0 Å². The standard InChI is InChI=1S/C10H16N6S/c1-3-17-5-6(2)13-8-7-4-12-16-9(7)15-10(11)14-8/h4,6H,3,5H2,1-2H3,(H4,11,12,13,14,15,16). The van der Waals surface area contributed by atoms with E-state index < -0.39 is 0 Å². The molecule has 0 fully saturated rings. The molecule has 1 unspecified atom stereocenters. The fourth-order valence-corrected chi connectivity index (χ4v) is 2.20. The number of rotatable bonds is 5. The summed E-state index contributed by atoms with van der Waals surface area (Å²) < 4.78 is 0. The van der Waals surface area contributed by atoms with Crippen molar-refractivity contribution in [1.82, 2.24) is 20.2 Å². The smallest absolute Gasteiger partial charge is 0.224 e. The van der Waals surface area contributed by atoms with Crippen LogP contribution in [0.1, 0.15) is 13.8 Å². The largest absolute Gasteiger partial charge is 0.368 e. The summed E-state index contributed by atoms with van der Waals surface area (Å²) in [7, 11) is 0. The van der Waals surface area contributed by atoms with E-state index in [9.17, 15) is 0 Å². The molecule has 4 N–H and O–H groups in total. The third-order valence-corrected chi connectivity index (χ3v) is 3.43. The summed E-state index contributed by atoms with van der Waals surface area (Å²) in [5.74, 6) is 3.13. The van der Waals surface area contributed by atoms with E-state index in [1.165, 1.54) is 0 Å². The topological polar surface area (TPSA) is 92.5 Å². The van der Waals surface area contributed by atoms with Gasteiger partial charge < -0.3 is 11.1 Å². The molecule has 0 bridgehead atoms. The maximum absolute atomic E-state index is 5.64. The fraction of sp³-hybridized carbons (Fsp3) is 0.500. The van der Waals surface area contributed by atoms with Crippen LogP contribution in [0.3, 0.4) is 0 Å². The van der Waals surface area contributed by atoms with Gasteiger partial charge in [0.15, 0.2) is 5.65 Å². The van der Waals surface area contributed by atoms with Crippen molar-refractivity contribution in [2.24, 2.45) is 0 Å². The minimum atomic E-state index is 0.250. The lowest BCUT2D eigenvalue weighted by Crippen LogP contribution is -2.19. The average molecular weight is 252 g/mol. The van der Waals surface area contributed by atoms with Crippen LogP contribution in [0.25, 0.3) is 11.0 Å². The number of H-pyrrole nitrogens is 1. The zero-order valence-corrected chi connectivity index (χ0v) is 10.7. The van der Waals surface area contributed by atoms with Crippen LogP contribution >= 0.6 is 11.8 Å². The lowest BCUT2D eigenvalue weighted by atomic mass is 10.3. The number of fused-ring (bicyclic) bond motifs is 1. The summed E-state index contributed by atoms with van der Waals surface area (Å²) in [6.07, 6.45) is 1.71. The van der Waals surface area contributed by atoms with Gasteiger partial charge in [0.1, 0.15) is 5.82 Å². The minimum absolute atomic E-state index is 0.250. The lowest BCUT2D eigenvalue weighted by Gasteiger charge is -2.14. The normalized spacial score (nSPS) is 12.8. The van der Waals surface area contributed by atoms with Crippen molar-refractivity contribution in [1.29, 1.82) is 0 Å². The number of aromatic amines is 1. The third-order valence-electron chi connectivity index (χ3n) is 2.28. The maximum atomic E-state index is 5.64. The quantitative estimate of drug-likeness (QED) is 0.746. The Bertz CT molecular complexity index is 497. The molecular weight excluding hydrogens is 236 g/mol. The van der Waals surface area contributed by atoms with Crippen LogP contribution in [0, 0.1) is 0 Å². The molecule has 0 saturated heterocycles. The first-order valence-corrected chi connectivity index (χ1v) is 6.67. The number of hydrogen-bond acceptors (Lipinski definition) is 6. The van der Waals surface area contributed by atoms with Crippen LogP contribution in [-0.4, -0.2) is 37.7 Å². The molecule has 0 spiro atoms. The molecule has 0 aliphatic heterocycles. The number of nitrogens with zero attached hydrogens (tertiary/aromatic N) is 3. The van der Waals surface area contributed by atoms with Crippen molar-refractivity contribution in [3.63, 3.8) is 0 Å². The second-order valence-electron chi connectivity index (χ2n) is 3.77. The molecular formula is C10H16N6S. The molecule has 2 aromatic heterocycles. The van der Waals surface area contributed by atoms with E-state index >= 15 is 0 Å². The van der Waals surface area contributed by atoms with Gasteiger partial charge in [-0.3, -0.25) is 5.10 Å². The molecule has 0 aliphatic carbocycles. The molecule has 0 aliphatic rings. The van der Waals surface area contributed by atoms with Crippen LogP contribution in [0.2, 0.25) is 0 Å². The number of nitrogen functional groups attached to an aromatic ring is 1. The van der Waals surface area contributed by atoms with Crippen molar-refractivity contribution >= 4 is 34.6 Å². The zero-order valence-electron chi connectivity index (χ0n) is 9.90. The van der Waals surface area contributed by atoms with E-state index in [2.05, 4.69) is 39.3 Å². The van der Waals surface area contributed by atoms with Crippen molar-refractivity contribution < 1.29 is 0 Å². The molecule has 2 rings (SSSR count). The monoisotopic (exact) mass is 252 g/mol. The number of thioether (sulfide) groups is 1. The van der Waals surface area contributed by atoms with E-state index in [0.29, 0.717) is 11.7 Å². The Hall–Kier alpha value is -1.50. The molecule has 2 aromatic rings. The first-order valence-electron chi connectivity index (χ1n) is 5.51. The summed E-state index contributed by atoms with van der Waals surface area (Å²) >= 11 is 1.89. The molecule has 6 nitrogen and oxygen atoms in total. The van der Waals surface area contributed by atoms with Gasteiger partial charge in [-0.25, -0.2) is 0 Å². The summed E-state index contributed by atoms with van der Waals surface area (Å²) in [4.78, 5) is 8.28. The highest BCUT2D eigenvalue weighted by atomic mass is 32.2. The molecule has 7 heteroatoms. The Morgan fingerprint density at radius 3 is 3.12 bits per heavy atom. The Morgan fingerprint density at radius 1 is 1.53 bits per heavy atom. The first kappa shape index (κ1) is 12.0. The van der Waals surface area contributed by atoms with E-state index in [1.807, 2.05) is 11.8 Å². The first-order chi connectivity index (χ1) is 8.20. The third kappa shape index (κ3) is 2.79. The zero-order chi connectivity index (χ0) is 12.3. The molecule has 0 saturated carbocycles. The van der Waals surface area contributed by atoms with Gasteiger partial charge in [0.05, 0.1) is 11.6 Å². The number of hydrogen-bond donors (Lipinski definition) is 3. The minimum Gasteiger partial charge on any atom is -0.368 e. The number of nitrogens with one attached hydrogen (secondary N) is 2. The summed E-state index contributed by atoms with van der Waals surface area (Å²) in [6.45, 7) is 4.27. The van der Waals surface area contributed by atoms with Crippen molar-refractivity contribution in [2.45, 2.75) is 19.9 Å². The van der Waals surface area contributed by atoms with Gasteiger partial charge in [0.25, 0.3) is 0 Å². The van der Waals surface area contributed by atoms with Crippen LogP contribution in [-0.2, 0) is 0 Å². The van der Waals surface area contributed by atoms with Gasteiger partial charge in [-0.2, -0.15) is 26.8 Å². The summed E-state index contributed by atoms with van der Waals surface area (Å²) in [6, 6.07) is 0.326. The van der Waals surface area contributed by atoms with Crippen molar-refractivity contribution in [2.75, 3.05) is 22.6 Å². The molecule has 92 valence electrons. The predicted octanol–water partition coefficient (Wildman–Crippen LogP) is 1.49. The molecule has 0 amide bonds. The van der Waals surface area contributed by atoms with Gasteiger partial charge in [-0.05, 0) is 12.7 Å². The SMILES string of the molecule is CCSCC(C)Nc1nc(N)nc2[nH]ncc12. The van der Waals surface area contributed by atoms with Crippen LogP contribution in [0.5, 0.6) is 0 Å². The fourth-order valence-electron chi connectivity index (χ4n) is 1.53. The molecule has 0 radical (unpaired) electrons. The number of nitrogens with two attached hydrogens (primary N) is 1. The summed E-state index contributed by atoms with van der Waals surface area (Å²) in [5, 5.41) is 10.9. The van der Waals surface area contributed by atoms with Crippen LogP contribution in [0.15, 0.2) is 6.20 Å². The van der Waals surface area contributed by atoms with Gasteiger partial charge in [0.2, 0.25) is 5.95 Å². The Labute approximate surface area is 104 Å². The van der Waals surface area contributed by atoms with E-state index in [4.69, 9.17) is 5.73 Å². The van der Waals surface area contributed by atoms with E-state index in [-0.39, 0.29) is 5.95 Å².